The second-order valence-corrected chi connectivity index (χ2v) is 6.68. The summed E-state index contributed by atoms with van der Waals surface area (Å²) < 4.78 is 17.1. The van der Waals surface area contributed by atoms with E-state index in [1.54, 1.807) is 0 Å². The number of ether oxygens (including phenoxy) is 3. The van der Waals surface area contributed by atoms with Crippen molar-refractivity contribution in [3.05, 3.63) is 0 Å². The number of amides is 1. The van der Waals surface area contributed by atoms with Crippen molar-refractivity contribution in [1.82, 2.24) is 4.90 Å². The molecule has 2 aliphatic heterocycles. The molecule has 0 aromatic rings. The lowest BCUT2D eigenvalue weighted by Crippen LogP contribution is -2.54. The van der Waals surface area contributed by atoms with Gasteiger partial charge < -0.3 is 19.1 Å². The van der Waals surface area contributed by atoms with Crippen molar-refractivity contribution < 1.29 is 19.0 Å². The van der Waals surface area contributed by atoms with E-state index < -0.39 is 11.4 Å². The highest BCUT2D eigenvalue weighted by Gasteiger charge is 2.45. The van der Waals surface area contributed by atoms with Crippen molar-refractivity contribution in [2.24, 2.45) is 0 Å². The number of piperidine rings is 1. The van der Waals surface area contributed by atoms with Crippen molar-refractivity contribution in [2.45, 2.75) is 70.8 Å². The SMILES string of the molecule is CCC[C@H]1CC2(CCN1C(=O)OC(C)(C)C)OCCO2. The van der Waals surface area contributed by atoms with Gasteiger partial charge in [0.1, 0.15) is 5.60 Å². The molecule has 0 aromatic carbocycles. The molecule has 0 aromatic heterocycles. The van der Waals surface area contributed by atoms with Crippen LogP contribution in [0.1, 0.15) is 53.4 Å². The third-order valence-corrected chi connectivity index (χ3v) is 3.78. The summed E-state index contributed by atoms with van der Waals surface area (Å²) in [6, 6.07) is 0.140. The summed E-state index contributed by atoms with van der Waals surface area (Å²) in [6.07, 6.45) is 3.24. The lowest BCUT2D eigenvalue weighted by atomic mass is 9.93. The van der Waals surface area contributed by atoms with Crippen molar-refractivity contribution in [1.29, 1.82) is 0 Å². The number of hydrogen-bond acceptors (Lipinski definition) is 4. The molecular formula is C15H27NO4. The van der Waals surface area contributed by atoms with Crippen LogP contribution >= 0.6 is 0 Å². The molecule has 0 aliphatic carbocycles. The zero-order valence-corrected chi connectivity index (χ0v) is 13.1. The smallest absolute Gasteiger partial charge is 0.410 e. The molecule has 2 rings (SSSR count). The molecule has 2 saturated heterocycles. The molecule has 0 radical (unpaired) electrons. The van der Waals surface area contributed by atoms with Crippen LogP contribution in [0.3, 0.4) is 0 Å². The molecule has 116 valence electrons. The fourth-order valence-electron chi connectivity index (χ4n) is 2.96. The molecule has 0 saturated carbocycles. The van der Waals surface area contributed by atoms with Gasteiger partial charge in [0.2, 0.25) is 0 Å². The Morgan fingerprint density at radius 3 is 2.55 bits per heavy atom. The summed E-state index contributed by atoms with van der Waals surface area (Å²) >= 11 is 0. The third kappa shape index (κ3) is 3.64. The van der Waals surface area contributed by atoms with Gasteiger partial charge in [-0.1, -0.05) is 13.3 Å². The lowest BCUT2D eigenvalue weighted by Gasteiger charge is -2.43. The van der Waals surface area contributed by atoms with Gasteiger partial charge in [-0.15, -0.1) is 0 Å². The fourth-order valence-corrected chi connectivity index (χ4v) is 2.96. The van der Waals surface area contributed by atoms with Gasteiger partial charge in [-0.3, -0.25) is 0 Å². The van der Waals surface area contributed by atoms with Gasteiger partial charge in [-0.2, -0.15) is 0 Å². The Kier molecular flexibility index (Phi) is 4.59. The number of nitrogens with zero attached hydrogens (tertiary/aromatic N) is 1. The Labute approximate surface area is 121 Å². The number of carbonyl (C=O) groups is 1. The molecule has 2 heterocycles. The largest absolute Gasteiger partial charge is 0.444 e. The molecular weight excluding hydrogens is 258 g/mol. The average Bonchev–Trinajstić information content (AvgIpc) is 2.75. The van der Waals surface area contributed by atoms with E-state index in [1.165, 1.54) is 0 Å². The second-order valence-electron chi connectivity index (χ2n) is 6.68. The molecule has 0 unspecified atom stereocenters. The standard InChI is InChI=1S/C15H27NO4/c1-5-6-12-11-15(18-9-10-19-15)7-8-16(12)13(17)20-14(2,3)4/h12H,5-11H2,1-4H3/t12-/m0/s1. The first-order valence-corrected chi connectivity index (χ1v) is 7.63. The summed E-state index contributed by atoms with van der Waals surface area (Å²) in [5.74, 6) is -0.460. The monoisotopic (exact) mass is 285 g/mol. The van der Waals surface area contributed by atoms with Crippen LogP contribution in [-0.4, -0.2) is 48.2 Å². The first kappa shape index (κ1) is 15.6. The van der Waals surface area contributed by atoms with Crippen LogP contribution in [0.5, 0.6) is 0 Å². The summed E-state index contributed by atoms with van der Waals surface area (Å²) in [5.41, 5.74) is -0.455. The highest BCUT2D eigenvalue weighted by Crippen LogP contribution is 2.36. The van der Waals surface area contributed by atoms with E-state index in [4.69, 9.17) is 14.2 Å². The molecule has 5 heteroatoms. The van der Waals surface area contributed by atoms with E-state index >= 15 is 0 Å². The molecule has 20 heavy (non-hydrogen) atoms. The Morgan fingerprint density at radius 2 is 2.00 bits per heavy atom. The molecule has 1 amide bonds. The third-order valence-electron chi connectivity index (χ3n) is 3.78. The predicted molar refractivity (Wildman–Crippen MR) is 75.5 cm³/mol. The minimum atomic E-state index is -0.460. The minimum absolute atomic E-state index is 0.140. The van der Waals surface area contributed by atoms with Crippen LogP contribution in [-0.2, 0) is 14.2 Å². The molecule has 1 atom stereocenters. The van der Waals surface area contributed by atoms with Crippen LogP contribution in [0.25, 0.3) is 0 Å². The summed E-state index contributed by atoms with van der Waals surface area (Å²) in [5, 5.41) is 0. The van der Waals surface area contributed by atoms with Gasteiger partial charge in [0.05, 0.1) is 13.2 Å². The molecule has 0 bridgehead atoms. The molecule has 1 spiro atoms. The molecule has 2 aliphatic rings. The van der Waals surface area contributed by atoms with Gasteiger partial charge in [0.15, 0.2) is 5.79 Å². The van der Waals surface area contributed by atoms with E-state index in [9.17, 15) is 4.79 Å². The number of rotatable bonds is 2. The number of likely N-dealkylation sites (tertiary alicyclic amines) is 1. The highest BCUT2D eigenvalue weighted by molar-refractivity contribution is 5.68. The quantitative estimate of drug-likeness (QED) is 0.782. The van der Waals surface area contributed by atoms with Crippen LogP contribution in [0.2, 0.25) is 0 Å². The summed E-state index contributed by atoms with van der Waals surface area (Å²) in [4.78, 5) is 14.2. The zero-order chi connectivity index (χ0) is 14.8. The summed E-state index contributed by atoms with van der Waals surface area (Å²) in [7, 11) is 0. The van der Waals surface area contributed by atoms with Crippen LogP contribution in [0.4, 0.5) is 4.79 Å². The molecule has 2 fully saturated rings. The van der Waals surface area contributed by atoms with Gasteiger partial charge in [0, 0.05) is 25.4 Å². The Balaban J connectivity index is 2.03. The molecule has 0 N–H and O–H groups in total. The first-order valence-electron chi connectivity index (χ1n) is 7.63. The average molecular weight is 285 g/mol. The molecule has 5 nitrogen and oxygen atoms in total. The van der Waals surface area contributed by atoms with Gasteiger partial charge in [-0.25, -0.2) is 4.79 Å². The van der Waals surface area contributed by atoms with Crippen LogP contribution in [0, 0.1) is 0 Å². The topological polar surface area (TPSA) is 48.0 Å². The van der Waals surface area contributed by atoms with E-state index in [0.717, 1.165) is 25.7 Å². The van der Waals surface area contributed by atoms with E-state index in [1.807, 2.05) is 25.7 Å². The number of carbonyl (C=O) groups excluding carboxylic acids is 1. The van der Waals surface area contributed by atoms with Crippen LogP contribution < -0.4 is 0 Å². The minimum Gasteiger partial charge on any atom is -0.444 e. The van der Waals surface area contributed by atoms with Gasteiger partial charge in [-0.05, 0) is 27.2 Å². The van der Waals surface area contributed by atoms with E-state index in [0.29, 0.717) is 19.8 Å². The van der Waals surface area contributed by atoms with Crippen molar-refractivity contribution in [3.8, 4) is 0 Å². The van der Waals surface area contributed by atoms with Crippen molar-refractivity contribution in [3.63, 3.8) is 0 Å². The Morgan fingerprint density at radius 1 is 1.35 bits per heavy atom. The Bertz CT molecular complexity index is 344. The highest BCUT2D eigenvalue weighted by atomic mass is 16.7. The van der Waals surface area contributed by atoms with Crippen LogP contribution in [0.15, 0.2) is 0 Å². The fraction of sp³-hybridized carbons (Fsp3) is 0.933. The zero-order valence-electron chi connectivity index (χ0n) is 13.1. The maximum absolute atomic E-state index is 12.3. The van der Waals surface area contributed by atoms with Gasteiger partial charge >= 0.3 is 6.09 Å². The van der Waals surface area contributed by atoms with E-state index in [-0.39, 0.29) is 12.1 Å². The van der Waals surface area contributed by atoms with Crippen molar-refractivity contribution in [2.75, 3.05) is 19.8 Å². The number of hydrogen-bond donors (Lipinski definition) is 0. The lowest BCUT2D eigenvalue weighted by molar-refractivity contribution is -0.194. The normalized spacial score (nSPS) is 26.0. The first-order chi connectivity index (χ1) is 9.35. The predicted octanol–water partition coefficient (Wildman–Crippen LogP) is 2.93. The summed E-state index contributed by atoms with van der Waals surface area (Å²) in [6.45, 7) is 9.78. The maximum atomic E-state index is 12.3. The second kappa shape index (κ2) is 5.90. The Hall–Kier alpha value is -0.810. The van der Waals surface area contributed by atoms with E-state index in [2.05, 4.69) is 6.92 Å². The maximum Gasteiger partial charge on any atom is 0.410 e. The van der Waals surface area contributed by atoms with Crippen molar-refractivity contribution >= 4 is 6.09 Å². The van der Waals surface area contributed by atoms with Gasteiger partial charge in [0.25, 0.3) is 0 Å².